The zero-order chi connectivity index (χ0) is 13.8. The number of hydrogen-bond donors (Lipinski definition) is 3. The van der Waals surface area contributed by atoms with Crippen LogP contribution in [0.3, 0.4) is 0 Å². The number of nitrogens with two attached hydrogens (primary N) is 1. The van der Waals surface area contributed by atoms with Gasteiger partial charge in [0.05, 0.1) is 11.9 Å². The van der Waals surface area contributed by atoms with Gasteiger partial charge in [0, 0.05) is 11.6 Å². The number of halogens is 1. The smallest absolute Gasteiger partial charge is 0.339 e. The molecular formula is C13H12ClN3O2. The Morgan fingerprint density at radius 3 is 2.68 bits per heavy atom. The van der Waals surface area contributed by atoms with E-state index in [0.717, 1.165) is 5.56 Å². The molecule has 0 bridgehead atoms. The first-order chi connectivity index (χ1) is 9.06. The predicted octanol–water partition coefficient (Wildman–Crippen LogP) is 2.63. The molecule has 4 N–H and O–H groups in total. The van der Waals surface area contributed by atoms with Gasteiger partial charge in [-0.25, -0.2) is 9.78 Å². The van der Waals surface area contributed by atoms with Crippen molar-refractivity contribution in [2.45, 2.75) is 6.54 Å². The van der Waals surface area contributed by atoms with Gasteiger partial charge in [-0.15, -0.1) is 0 Å². The molecule has 0 amide bonds. The molecule has 0 saturated carbocycles. The Bertz CT molecular complexity index is 599. The third-order valence-electron chi connectivity index (χ3n) is 2.51. The second-order valence-electron chi connectivity index (χ2n) is 3.95. The Kier molecular flexibility index (Phi) is 3.87. The number of benzene rings is 1. The second kappa shape index (κ2) is 5.58. The fraction of sp³-hybridized carbons (Fsp3) is 0.0769. The highest BCUT2D eigenvalue weighted by Gasteiger charge is 2.11. The molecule has 0 aliphatic heterocycles. The van der Waals surface area contributed by atoms with Gasteiger partial charge in [-0.3, -0.25) is 0 Å². The Balaban J connectivity index is 2.15. The summed E-state index contributed by atoms with van der Waals surface area (Å²) in [5.74, 6) is -0.782. The number of carbonyl (C=O) groups is 1. The van der Waals surface area contributed by atoms with Crippen LogP contribution in [0.25, 0.3) is 0 Å². The molecule has 0 saturated heterocycles. The first-order valence-corrected chi connectivity index (χ1v) is 5.91. The Morgan fingerprint density at radius 2 is 2.05 bits per heavy atom. The lowest BCUT2D eigenvalue weighted by molar-refractivity contribution is 0.0697. The van der Waals surface area contributed by atoms with Crippen molar-refractivity contribution in [1.82, 2.24) is 4.98 Å². The quantitative estimate of drug-likeness (QED) is 0.799. The average Bonchev–Trinajstić information content (AvgIpc) is 2.39. The van der Waals surface area contributed by atoms with Crippen molar-refractivity contribution in [2.75, 3.05) is 11.1 Å². The van der Waals surface area contributed by atoms with Gasteiger partial charge in [-0.2, -0.15) is 0 Å². The highest BCUT2D eigenvalue weighted by Crippen LogP contribution is 2.17. The predicted molar refractivity (Wildman–Crippen MR) is 74.4 cm³/mol. The largest absolute Gasteiger partial charge is 0.478 e. The number of nitrogens with zero attached hydrogens (tertiary/aromatic N) is 1. The van der Waals surface area contributed by atoms with E-state index in [4.69, 9.17) is 22.4 Å². The lowest BCUT2D eigenvalue weighted by atomic mass is 10.2. The van der Waals surface area contributed by atoms with Crippen molar-refractivity contribution in [3.8, 4) is 0 Å². The number of aromatic carboxylic acids is 1. The lowest BCUT2D eigenvalue weighted by Crippen LogP contribution is -2.09. The summed E-state index contributed by atoms with van der Waals surface area (Å²) in [5, 5.41) is 12.7. The summed E-state index contributed by atoms with van der Waals surface area (Å²) in [6.45, 7) is 0.453. The third-order valence-corrected chi connectivity index (χ3v) is 2.76. The molecule has 6 heteroatoms. The second-order valence-corrected chi connectivity index (χ2v) is 4.39. The molecule has 2 rings (SSSR count). The number of aromatic nitrogens is 1. The van der Waals surface area contributed by atoms with Crippen LogP contribution in [-0.2, 0) is 6.54 Å². The number of carboxylic acid groups (broad SMARTS) is 1. The molecule has 2 aromatic rings. The van der Waals surface area contributed by atoms with Crippen LogP contribution in [-0.4, -0.2) is 16.1 Å². The van der Waals surface area contributed by atoms with E-state index in [1.165, 1.54) is 12.3 Å². The number of rotatable bonds is 4. The monoisotopic (exact) mass is 277 g/mol. The number of pyridine rings is 1. The van der Waals surface area contributed by atoms with Crippen LogP contribution in [0.2, 0.25) is 5.02 Å². The Hall–Kier alpha value is -2.27. The minimum absolute atomic E-state index is 0.0500. The number of hydrogen-bond acceptors (Lipinski definition) is 4. The minimum atomic E-state index is -1.07. The van der Waals surface area contributed by atoms with Gasteiger partial charge in [-0.1, -0.05) is 23.7 Å². The maximum absolute atomic E-state index is 11.1. The molecular weight excluding hydrogens is 266 g/mol. The summed E-state index contributed by atoms with van der Waals surface area (Å²) < 4.78 is 0. The van der Waals surface area contributed by atoms with Crippen LogP contribution in [0, 0.1) is 0 Å². The average molecular weight is 278 g/mol. The maximum Gasteiger partial charge on any atom is 0.339 e. The molecule has 19 heavy (non-hydrogen) atoms. The van der Waals surface area contributed by atoms with Crippen molar-refractivity contribution in [3.05, 3.63) is 52.7 Å². The van der Waals surface area contributed by atoms with Gasteiger partial charge in [-0.05, 0) is 23.8 Å². The van der Waals surface area contributed by atoms with E-state index < -0.39 is 5.97 Å². The normalized spacial score (nSPS) is 10.2. The molecule has 1 aromatic heterocycles. The number of anilines is 2. The van der Waals surface area contributed by atoms with Crippen LogP contribution in [0.15, 0.2) is 36.5 Å². The molecule has 1 aromatic carbocycles. The van der Waals surface area contributed by atoms with Crippen molar-refractivity contribution < 1.29 is 9.90 Å². The fourth-order valence-corrected chi connectivity index (χ4v) is 1.70. The van der Waals surface area contributed by atoms with Crippen LogP contribution in [0.4, 0.5) is 11.5 Å². The lowest BCUT2D eigenvalue weighted by Gasteiger charge is -2.09. The van der Waals surface area contributed by atoms with E-state index in [9.17, 15) is 4.79 Å². The minimum Gasteiger partial charge on any atom is -0.478 e. The van der Waals surface area contributed by atoms with Gasteiger partial charge < -0.3 is 16.2 Å². The number of nitrogens with one attached hydrogen (secondary N) is 1. The maximum atomic E-state index is 11.1. The van der Waals surface area contributed by atoms with Crippen LogP contribution in [0.5, 0.6) is 0 Å². The molecule has 0 fully saturated rings. The molecule has 0 atom stereocenters. The summed E-state index contributed by atoms with van der Waals surface area (Å²) in [4.78, 5) is 15.1. The molecule has 98 valence electrons. The van der Waals surface area contributed by atoms with E-state index in [-0.39, 0.29) is 11.4 Å². The van der Waals surface area contributed by atoms with E-state index in [0.29, 0.717) is 17.3 Å². The highest BCUT2D eigenvalue weighted by atomic mass is 35.5. The molecule has 0 radical (unpaired) electrons. The zero-order valence-electron chi connectivity index (χ0n) is 9.93. The van der Waals surface area contributed by atoms with E-state index in [2.05, 4.69) is 10.3 Å². The van der Waals surface area contributed by atoms with Crippen molar-refractivity contribution in [2.24, 2.45) is 0 Å². The van der Waals surface area contributed by atoms with Gasteiger partial charge in [0.2, 0.25) is 0 Å². The van der Waals surface area contributed by atoms with E-state index >= 15 is 0 Å². The van der Waals surface area contributed by atoms with Gasteiger partial charge in [0.1, 0.15) is 11.4 Å². The molecule has 1 heterocycles. The Labute approximate surface area is 115 Å². The molecule has 0 spiro atoms. The summed E-state index contributed by atoms with van der Waals surface area (Å²) in [6.07, 6.45) is 1.41. The number of carboxylic acids is 1. The first kappa shape index (κ1) is 13.2. The van der Waals surface area contributed by atoms with Crippen molar-refractivity contribution in [3.63, 3.8) is 0 Å². The summed E-state index contributed by atoms with van der Waals surface area (Å²) in [5.41, 5.74) is 6.86. The topological polar surface area (TPSA) is 88.2 Å². The third kappa shape index (κ3) is 3.35. The van der Waals surface area contributed by atoms with E-state index in [1.807, 2.05) is 12.1 Å². The highest BCUT2D eigenvalue weighted by molar-refractivity contribution is 6.30. The molecule has 0 aliphatic carbocycles. The molecule has 0 unspecified atom stereocenters. The van der Waals surface area contributed by atoms with Crippen molar-refractivity contribution in [1.29, 1.82) is 0 Å². The molecule has 0 aliphatic rings. The first-order valence-electron chi connectivity index (χ1n) is 5.53. The molecule has 5 nitrogen and oxygen atoms in total. The zero-order valence-corrected chi connectivity index (χ0v) is 10.7. The fourth-order valence-electron chi connectivity index (χ4n) is 1.57. The standard InChI is InChI=1S/C13H12ClN3O2/c14-9-3-1-8(2-4-9)6-16-12-11(13(18)19)5-10(15)7-17-12/h1-5,7H,6,15H2,(H,16,17)(H,18,19). The van der Waals surface area contributed by atoms with Gasteiger partial charge in [0.15, 0.2) is 0 Å². The van der Waals surface area contributed by atoms with E-state index in [1.54, 1.807) is 12.1 Å². The van der Waals surface area contributed by atoms with Gasteiger partial charge >= 0.3 is 5.97 Å². The summed E-state index contributed by atoms with van der Waals surface area (Å²) in [6, 6.07) is 8.62. The summed E-state index contributed by atoms with van der Waals surface area (Å²) >= 11 is 5.79. The van der Waals surface area contributed by atoms with Crippen molar-refractivity contribution >= 4 is 29.1 Å². The van der Waals surface area contributed by atoms with Crippen LogP contribution < -0.4 is 11.1 Å². The number of nitrogen functional groups attached to an aromatic ring is 1. The van der Waals surface area contributed by atoms with Crippen LogP contribution in [0.1, 0.15) is 15.9 Å². The summed E-state index contributed by atoms with van der Waals surface area (Å²) in [7, 11) is 0. The van der Waals surface area contributed by atoms with Crippen LogP contribution >= 0.6 is 11.6 Å². The van der Waals surface area contributed by atoms with Gasteiger partial charge in [0.25, 0.3) is 0 Å². The Morgan fingerprint density at radius 1 is 1.37 bits per heavy atom. The SMILES string of the molecule is Nc1cnc(NCc2ccc(Cl)cc2)c(C(=O)O)c1.